The molecule has 0 aliphatic rings. The summed E-state index contributed by atoms with van der Waals surface area (Å²) in [5.74, 6) is -0.341. The molecule has 1 N–H and O–H groups in total. The highest BCUT2D eigenvalue weighted by Crippen LogP contribution is 2.34. The molecule has 0 saturated heterocycles. The van der Waals surface area contributed by atoms with E-state index in [0.717, 1.165) is 32.5 Å². The van der Waals surface area contributed by atoms with Crippen molar-refractivity contribution in [3.63, 3.8) is 0 Å². The predicted octanol–water partition coefficient (Wildman–Crippen LogP) is 4.43. The van der Waals surface area contributed by atoms with Crippen LogP contribution in [0.15, 0.2) is 24.3 Å². The normalized spacial score (nSPS) is 11.5. The van der Waals surface area contributed by atoms with Gasteiger partial charge in [-0.15, -0.1) is 11.3 Å². The zero-order valence-electron chi connectivity index (χ0n) is 13.8. The van der Waals surface area contributed by atoms with E-state index in [1.54, 1.807) is 0 Å². The van der Waals surface area contributed by atoms with E-state index in [4.69, 9.17) is 0 Å². The van der Waals surface area contributed by atoms with Gasteiger partial charge in [-0.25, -0.2) is 4.98 Å². The van der Waals surface area contributed by atoms with Gasteiger partial charge in [0.05, 0.1) is 17.8 Å². The summed E-state index contributed by atoms with van der Waals surface area (Å²) in [6.07, 6.45) is 0.0216. The Hall–Kier alpha value is -2.14. The fraction of sp³-hybridized carbons (Fsp3) is 0.333. The maximum Gasteiger partial charge on any atom is 0.308 e. The summed E-state index contributed by atoms with van der Waals surface area (Å²) in [5.41, 5.74) is 5.32. The average Bonchev–Trinajstić information content (AvgIpc) is 2.95. The van der Waals surface area contributed by atoms with Gasteiger partial charge in [0.25, 0.3) is 0 Å². The zero-order valence-corrected chi connectivity index (χ0v) is 14.6. The van der Waals surface area contributed by atoms with Crippen LogP contribution in [0, 0.1) is 13.8 Å². The lowest BCUT2D eigenvalue weighted by atomic mass is 10.0. The highest BCUT2D eigenvalue weighted by molar-refractivity contribution is 7.17. The average molecular weight is 328 g/mol. The number of aromatic nitrogens is 2. The van der Waals surface area contributed by atoms with Crippen molar-refractivity contribution in [3.8, 4) is 11.3 Å². The van der Waals surface area contributed by atoms with Gasteiger partial charge in [0.2, 0.25) is 0 Å². The van der Waals surface area contributed by atoms with Gasteiger partial charge in [0, 0.05) is 10.6 Å². The quantitative estimate of drug-likeness (QED) is 0.771. The first-order chi connectivity index (χ1) is 10.9. The van der Waals surface area contributed by atoms with Crippen molar-refractivity contribution >= 4 is 22.3 Å². The van der Waals surface area contributed by atoms with Crippen molar-refractivity contribution in [2.24, 2.45) is 0 Å². The first-order valence-corrected chi connectivity index (χ1v) is 8.49. The van der Waals surface area contributed by atoms with Crippen LogP contribution in [0.4, 0.5) is 0 Å². The fourth-order valence-electron chi connectivity index (χ4n) is 2.77. The molecule has 2 heterocycles. The SMILES string of the molecule is Cc1nc2sc(CC(=O)O)c(-c3ccc(C(C)C)cc3)n2c1C. The Morgan fingerprint density at radius 3 is 2.48 bits per heavy atom. The molecule has 0 spiro atoms. The number of thiazole rings is 1. The highest BCUT2D eigenvalue weighted by Gasteiger charge is 2.20. The molecule has 3 aromatic rings. The van der Waals surface area contributed by atoms with Crippen LogP contribution in [0.3, 0.4) is 0 Å². The first kappa shape index (κ1) is 15.7. The number of benzene rings is 1. The van der Waals surface area contributed by atoms with Crippen molar-refractivity contribution in [2.75, 3.05) is 0 Å². The van der Waals surface area contributed by atoms with Crippen molar-refractivity contribution < 1.29 is 9.90 Å². The molecule has 0 unspecified atom stereocenters. The molecule has 5 heteroatoms. The van der Waals surface area contributed by atoms with Crippen LogP contribution in [0.5, 0.6) is 0 Å². The summed E-state index contributed by atoms with van der Waals surface area (Å²) in [6, 6.07) is 8.40. The fourth-order valence-corrected chi connectivity index (χ4v) is 3.99. The Bertz CT molecular complexity index is 873. The Kier molecular flexibility index (Phi) is 3.98. The van der Waals surface area contributed by atoms with Crippen LogP contribution < -0.4 is 0 Å². The van der Waals surface area contributed by atoms with Crippen LogP contribution in [-0.4, -0.2) is 20.5 Å². The number of nitrogens with zero attached hydrogens (tertiary/aromatic N) is 2. The standard InChI is InChI=1S/C18H20N2O2S/c1-10(2)13-5-7-14(8-6-13)17-15(9-16(21)22)23-18-19-11(3)12(4)20(17)18/h5-8,10H,9H2,1-4H3,(H,21,22). The van der Waals surface area contributed by atoms with Crippen LogP contribution in [0.1, 0.15) is 41.6 Å². The molecule has 0 bridgehead atoms. The van der Waals surface area contributed by atoms with E-state index in [1.807, 2.05) is 13.8 Å². The smallest absolute Gasteiger partial charge is 0.308 e. The number of aliphatic carboxylic acids is 1. The summed E-state index contributed by atoms with van der Waals surface area (Å²) in [4.78, 5) is 17.5. The summed E-state index contributed by atoms with van der Waals surface area (Å²) in [7, 11) is 0. The van der Waals surface area contributed by atoms with Gasteiger partial charge >= 0.3 is 5.97 Å². The topological polar surface area (TPSA) is 54.6 Å². The summed E-state index contributed by atoms with van der Waals surface area (Å²) in [6.45, 7) is 8.34. The molecule has 4 nitrogen and oxygen atoms in total. The van der Waals surface area contributed by atoms with Gasteiger partial charge in [-0.2, -0.15) is 0 Å². The molecule has 0 amide bonds. The number of carboxylic acid groups (broad SMARTS) is 1. The van der Waals surface area contributed by atoms with E-state index >= 15 is 0 Å². The Labute approximate surface area is 139 Å². The minimum atomic E-state index is -0.816. The van der Waals surface area contributed by atoms with E-state index in [-0.39, 0.29) is 6.42 Å². The number of fused-ring (bicyclic) bond motifs is 1. The van der Waals surface area contributed by atoms with Gasteiger partial charge in [0.1, 0.15) is 0 Å². The van der Waals surface area contributed by atoms with Gasteiger partial charge in [-0.3, -0.25) is 9.20 Å². The zero-order chi connectivity index (χ0) is 16.7. The molecule has 2 aromatic heterocycles. The third kappa shape index (κ3) is 2.77. The molecular formula is C18H20N2O2S. The molecular weight excluding hydrogens is 308 g/mol. The number of imidazole rings is 1. The van der Waals surface area contributed by atoms with E-state index in [2.05, 4.69) is 47.5 Å². The van der Waals surface area contributed by atoms with Gasteiger partial charge in [-0.1, -0.05) is 38.1 Å². The monoisotopic (exact) mass is 328 g/mol. The predicted molar refractivity (Wildman–Crippen MR) is 93.4 cm³/mol. The lowest BCUT2D eigenvalue weighted by Gasteiger charge is -2.09. The highest BCUT2D eigenvalue weighted by atomic mass is 32.1. The number of hydrogen-bond donors (Lipinski definition) is 1. The first-order valence-electron chi connectivity index (χ1n) is 7.68. The van der Waals surface area contributed by atoms with Crippen LogP contribution >= 0.6 is 11.3 Å². The molecule has 0 atom stereocenters. The number of carbonyl (C=O) groups is 1. The van der Waals surface area contributed by atoms with Crippen molar-refractivity contribution in [3.05, 3.63) is 46.1 Å². The molecule has 0 aliphatic carbocycles. The molecule has 0 aliphatic heterocycles. The number of aryl methyl sites for hydroxylation is 2. The van der Waals surface area contributed by atoms with E-state index in [9.17, 15) is 9.90 Å². The minimum Gasteiger partial charge on any atom is -0.481 e. The molecule has 0 fully saturated rings. The maximum atomic E-state index is 11.2. The van der Waals surface area contributed by atoms with Gasteiger partial charge < -0.3 is 5.11 Å². The summed E-state index contributed by atoms with van der Waals surface area (Å²) >= 11 is 1.46. The lowest BCUT2D eigenvalue weighted by Crippen LogP contribution is -2.01. The largest absolute Gasteiger partial charge is 0.481 e. The molecule has 3 rings (SSSR count). The minimum absolute atomic E-state index is 0.0216. The molecule has 0 saturated carbocycles. The van der Waals surface area contributed by atoms with Crippen LogP contribution in [0.2, 0.25) is 0 Å². The van der Waals surface area contributed by atoms with Gasteiger partial charge in [0.15, 0.2) is 4.96 Å². The molecule has 0 radical (unpaired) electrons. The lowest BCUT2D eigenvalue weighted by molar-refractivity contribution is -0.136. The number of carboxylic acids is 1. The third-order valence-corrected chi connectivity index (χ3v) is 5.22. The van der Waals surface area contributed by atoms with E-state index in [0.29, 0.717) is 5.92 Å². The van der Waals surface area contributed by atoms with E-state index in [1.165, 1.54) is 16.9 Å². The third-order valence-electron chi connectivity index (χ3n) is 4.18. The number of rotatable bonds is 4. The van der Waals surface area contributed by atoms with Gasteiger partial charge in [-0.05, 0) is 30.9 Å². The van der Waals surface area contributed by atoms with E-state index < -0.39 is 5.97 Å². The van der Waals surface area contributed by atoms with Crippen LogP contribution in [-0.2, 0) is 11.2 Å². The Morgan fingerprint density at radius 2 is 1.91 bits per heavy atom. The Morgan fingerprint density at radius 1 is 1.26 bits per heavy atom. The molecule has 120 valence electrons. The molecule has 1 aromatic carbocycles. The maximum absolute atomic E-state index is 11.2. The van der Waals surface area contributed by atoms with Crippen LogP contribution in [0.25, 0.3) is 16.2 Å². The summed E-state index contributed by atoms with van der Waals surface area (Å²) in [5, 5.41) is 9.22. The number of hydrogen-bond acceptors (Lipinski definition) is 3. The second-order valence-electron chi connectivity index (χ2n) is 6.12. The second kappa shape index (κ2) is 5.81. The molecule has 23 heavy (non-hydrogen) atoms. The Balaban J connectivity index is 2.21. The van der Waals surface area contributed by atoms with Crippen molar-refractivity contribution in [1.82, 2.24) is 9.38 Å². The van der Waals surface area contributed by atoms with Crippen molar-refractivity contribution in [1.29, 1.82) is 0 Å². The summed E-state index contributed by atoms with van der Waals surface area (Å²) < 4.78 is 2.09. The van der Waals surface area contributed by atoms with Crippen molar-refractivity contribution in [2.45, 2.75) is 40.0 Å². The second-order valence-corrected chi connectivity index (χ2v) is 7.18.